The first-order valence-electron chi connectivity index (χ1n) is 12.8. The highest BCUT2D eigenvalue weighted by molar-refractivity contribution is 7.17. The molecule has 8 nitrogen and oxygen atoms in total. The fraction of sp³-hybridized carbons (Fsp3) is 0.200. The molecule has 0 N–H and O–H groups in total. The van der Waals surface area contributed by atoms with Crippen LogP contribution in [0.1, 0.15) is 11.1 Å². The van der Waals surface area contributed by atoms with Crippen LogP contribution in [0.2, 0.25) is 0 Å². The Morgan fingerprint density at radius 2 is 1.67 bits per heavy atom. The third kappa shape index (κ3) is 5.32. The Bertz CT molecular complexity index is 1670. The zero-order valence-corrected chi connectivity index (χ0v) is 22.6. The monoisotopic (exact) mass is 536 g/mol. The van der Waals surface area contributed by atoms with Crippen molar-refractivity contribution in [2.45, 2.75) is 6.92 Å². The van der Waals surface area contributed by atoms with Crippen molar-refractivity contribution in [1.82, 2.24) is 14.5 Å². The van der Waals surface area contributed by atoms with Crippen LogP contribution in [0.4, 0.5) is 11.5 Å². The zero-order valence-electron chi connectivity index (χ0n) is 21.8. The quantitative estimate of drug-likeness (QED) is 0.225. The Balaban J connectivity index is 1.61. The largest absolute Gasteiger partial charge is 0.497 e. The first kappa shape index (κ1) is 25.0. The van der Waals surface area contributed by atoms with E-state index in [9.17, 15) is 0 Å². The smallest absolute Gasteiger partial charge is 0.198 e. The summed E-state index contributed by atoms with van der Waals surface area (Å²) in [5.41, 5.74) is 4.67. The molecule has 0 aliphatic carbocycles. The van der Waals surface area contributed by atoms with Crippen LogP contribution in [0.5, 0.6) is 5.75 Å². The van der Waals surface area contributed by atoms with E-state index in [2.05, 4.69) is 45.6 Å². The Kier molecular flexibility index (Phi) is 7.16. The molecule has 1 aliphatic rings. The molecule has 0 atom stereocenters. The maximum Gasteiger partial charge on any atom is 0.198 e. The molecule has 5 aromatic rings. The van der Waals surface area contributed by atoms with Crippen molar-refractivity contribution in [1.29, 1.82) is 0 Å². The summed E-state index contributed by atoms with van der Waals surface area (Å²) < 4.78 is 14.0. The van der Waals surface area contributed by atoms with Gasteiger partial charge < -0.3 is 14.4 Å². The van der Waals surface area contributed by atoms with Crippen molar-refractivity contribution >= 4 is 39.0 Å². The van der Waals surface area contributed by atoms with Gasteiger partial charge in [0.2, 0.25) is 0 Å². The summed E-state index contributed by atoms with van der Waals surface area (Å²) in [6.07, 6.45) is 1.63. The van der Waals surface area contributed by atoms with Crippen molar-refractivity contribution in [3.05, 3.63) is 101 Å². The third-order valence-corrected chi connectivity index (χ3v) is 7.53. The van der Waals surface area contributed by atoms with Gasteiger partial charge in [-0.05, 0) is 43.3 Å². The summed E-state index contributed by atoms with van der Waals surface area (Å²) in [7, 11) is 1.67. The highest BCUT2D eigenvalue weighted by atomic mass is 32.1. The molecule has 196 valence electrons. The second-order valence-electron chi connectivity index (χ2n) is 9.12. The lowest BCUT2D eigenvalue weighted by atomic mass is 10.1. The molecule has 9 heteroatoms. The number of hydrogen-bond acceptors (Lipinski definition) is 7. The summed E-state index contributed by atoms with van der Waals surface area (Å²) >= 11 is 1.56. The average molecular weight is 537 g/mol. The number of methoxy groups -OCH3 is 1. The van der Waals surface area contributed by atoms with Gasteiger partial charge in [-0.1, -0.05) is 59.4 Å². The molecule has 1 saturated heterocycles. The minimum absolute atomic E-state index is 0.621. The van der Waals surface area contributed by atoms with E-state index in [-0.39, 0.29) is 0 Å². The van der Waals surface area contributed by atoms with E-state index >= 15 is 0 Å². The number of nitrogens with zero attached hydrogens (tertiary/aromatic N) is 6. The third-order valence-electron chi connectivity index (χ3n) is 6.51. The van der Waals surface area contributed by atoms with E-state index in [0.717, 1.165) is 56.7 Å². The van der Waals surface area contributed by atoms with E-state index in [1.807, 2.05) is 54.6 Å². The van der Waals surface area contributed by atoms with Gasteiger partial charge in [0.1, 0.15) is 16.8 Å². The molecule has 3 aromatic carbocycles. The standard InChI is InChI=1S/C30H28N6O2S/c1-21-8-10-22(11-9-21)27(33-23-6-4-3-5-7-23)34-30-36(24-12-14-25(37-2)15-13-24)29-26(39-30)28(31-20-32-29)35-16-18-38-19-17-35/h3-15,20H,16-19H2,1-2H3. The Hall–Kier alpha value is -4.34. The van der Waals surface area contributed by atoms with Crippen LogP contribution in [-0.4, -0.2) is 53.8 Å². The fourth-order valence-electron chi connectivity index (χ4n) is 4.44. The van der Waals surface area contributed by atoms with Gasteiger partial charge in [0.15, 0.2) is 22.1 Å². The van der Waals surface area contributed by atoms with Gasteiger partial charge in [-0.3, -0.25) is 4.57 Å². The molecule has 0 amide bonds. The van der Waals surface area contributed by atoms with Crippen LogP contribution in [0, 0.1) is 6.92 Å². The number of aliphatic imine (C=N–C) groups is 1. The first-order valence-corrected chi connectivity index (χ1v) is 13.6. The molecule has 2 aromatic heterocycles. The lowest BCUT2D eigenvalue weighted by molar-refractivity contribution is 0.122. The van der Waals surface area contributed by atoms with Gasteiger partial charge in [0.25, 0.3) is 0 Å². The lowest BCUT2D eigenvalue weighted by Gasteiger charge is -2.27. The summed E-state index contributed by atoms with van der Waals surface area (Å²) in [4.78, 5) is 22.6. The number of fused-ring (bicyclic) bond motifs is 1. The second kappa shape index (κ2) is 11.2. The molecule has 0 spiro atoms. The molecule has 3 heterocycles. The molecule has 0 radical (unpaired) electrons. The molecule has 1 aliphatic heterocycles. The van der Waals surface area contributed by atoms with E-state index < -0.39 is 0 Å². The van der Waals surface area contributed by atoms with E-state index in [1.54, 1.807) is 24.8 Å². The number of aromatic nitrogens is 3. The van der Waals surface area contributed by atoms with Crippen LogP contribution >= 0.6 is 11.3 Å². The minimum atomic E-state index is 0.621. The number of aryl methyl sites for hydroxylation is 1. The number of morpholine rings is 1. The van der Waals surface area contributed by atoms with E-state index in [4.69, 9.17) is 24.4 Å². The highest BCUT2D eigenvalue weighted by Gasteiger charge is 2.20. The molecule has 1 fully saturated rings. The van der Waals surface area contributed by atoms with Crippen molar-refractivity contribution in [2.75, 3.05) is 38.3 Å². The molecule has 0 unspecified atom stereocenters. The van der Waals surface area contributed by atoms with Crippen molar-refractivity contribution in [3.63, 3.8) is 0 Å². The van der Waals surface area contributed by atoms with Crippen LogP contribution in [0.25, 0.3) is 16.0 Å². The summed E-state index contributed by atoms with van der Waals surface area (Å²) in [6, 6.07) is 26.1. The Morgan fingerprint density at radius 3 is 2.38 bits per heavy atom. The van der Waals surface area contributed by atoms with Crippen LogP contribution in [0.15, 0.2) is 95.2 Å². The number of benzene rings is 3. The number of amidine groups is 1. The van der Waals surface area contributed by atoms with E-state index in [0.29, 0.717) is 19.0 Å². The topological polar surface area (TPSA) is 77.1 Å². The van der Waals surface area contributed by atoms with Crippen molar-refractivity contribution < 1.29 is 9.47 Å². The lowest BCUT2D eigenvalue weighted by Crippen LogP contribution is -2.36. The summed E-state index contributed by atoms with van der Waals surface area (Å²) in [5, 5.41) is 0. The molecular formula is C30H28N6O2S. The first-order chi connectivity index (χ1) is 19.2. The predicted octanol–water partition coefficient (Wildman–Crippen LogP) is 5.31. The number of hydrogen-bond donors (Lipinski definition) is 0. The Morgan fingerprint density at radius 1 is 0.923 bits per heavy atom. The fourth-order valence-corrected chi connectivity index (χ4v) is 5.55. The summed E-state index contributed by atoms with van der Waals surface area (Å²) in [5.74, 6) is 2.30. The van der Waals surface area contributed by atoms with Crippen LogP contribution < -0.4 is 14.4 Å². The van der Waals surface area contributed by atoms with Gasteiger partial charge in [0.05, 0.1) is 31.7 Å². The molecule has 6 rings (SSSR count). The maximum atomic E-state index is 5.59. The van der Waals surface area contributed by atoms with Gasteiger partial charge in [-0.25, -0.2) is 20.0 Å². The molecular weight excluding hydrogens is 508 g/mol. The highest BCUT2D eigenvalue weighted by Crippen LogP contribution is 2.29. The number of rotatable bonds is 5. The number of thiazole rings is 1. The summed E-state index contributed by atoms with van der Waals surface area (Å²) in [6.45, 7) is 4.98. The SMILES string of the molecule is COc1ccc(-n2c(=NC(=Nc3ccccc3)c3ccc(C)cc3)sc3c(N4CCOCC4)ncnc32)cc1. The van der Waals surface area contributed by atoms with Crippen molar-refractivity contribution in [2.24, 2.45) is 9.98 Å². The average Bonchev–Trinajstić information content (AvgIpc) is 3.36. The number of anilines is 1. The van der Waals surface area contributed by atoms with Crippen molar-refractivity contribution in [3.8, 4) is 11.4 Å². The number of para-hydroxylation sites is 1. The predicted molar refractivity (Wildman–Crippen MR) is 156 cm³/mol. The Labute approximate surface area is 230 Å². The minimum Gasteiger partial charge on any atom is -0.497 e. The zero-order chi connectivity index (χ0) is 26.6. The van der Waals surface area contributed by atoms with Gasteiger partial charge >= 0.3 is 0 Å². The molecule has 0 bridgehead atoms. The van der Waals surface area contributed by atoms with Gasteiger partial charge in [0, 0.05) is 18.7 Å². The molecule has 39 heavy (non-hydrogen) atoms. The second-order valence-corrected chi connectivity index (χ2v) is 10.1. The molecule has 0 saturated carbocycles. The van der Waals surface area contributed by atoms with Crippen LogP contribution in [0.3, 0.4) is 0 Å². The normalized spacial score (nSPS) is 14.7. The van der Waals surface area contributed by atoms with Gasteiger partial charge in [-0.2, -0.15) is 0 Å². The van der Waals surface area contributed by atoms with E-state index in [1.165, 1.54) is 5.56 Å². The number of ether oxygens (including phenoxy) is 2. The van der Waals surface area contributed by atoms with Gasteiger partial charge in [-0.15, -0.1) is 0 Å². The maximum absolute atomic E-state index is 5.59. The van der Waals surface area contributed by atoms with Crippen LogP contribution in [-0.2, 0) is 4.74 Å².